The number of fused-ring (bicyclic) bond motifs is 4. The number of ether oxygens (including phenoxy) is 2. The van der Waals surface area contributed by atoms with Crippen molar-refractivity contribution in [3.05, 3.63) is 23.3 Å². The van der Waals surface area contributed by atoms with E-state index in [0.717, 1.165) is 49.7 Å². The molecule has 2 heterocycles. The third-order valence-electron chi connectivity index (χ3n) is 12.0. The zero-order valence-electron chi connectivity index (χ0n) is 22.9. The summed E-state index contributed by atoms with van der Waals surface area (Å²) in [5.41, 5.74) is 0.0741. The second kappa shape index (κ2) is 8.48. The summed E-state index contributed by atoms with van der Waals surface area (Å²) < 4.78 is 50.0. The van der Waals surface area contributed by atoms with Gasteiger partial charge in [0.1, 0.15) is 17.8 Å². The smallest absolute Gasteiger partial charge is 0.398 e. The molecule has 38 heavy (non-hydrogen) atoms. The van der Waals surface area contributed by atoms with Crippen molar-refractivity contribution < 1.29 is 36.2 Å². The normalized spacial score (nSPS) is 48.5. The Morgan fingerprint density at radius 1 is 1.18 bits per heavy atom. The third kappa shape index (κ3) is 3.47. The zero-order valence-corrected chi connectivity index (χ0v) is 23.8. The standard InChI is InChI=1S/C29H40O8S/c1-6-17-15(2)13-22(35-26(17)31)16(3)19-7-8-20-18-14-25-29(36-25)24(37-38(32,33)34)10-9-23(30)28(29,5)21(18)11-12-27(19,20)4/h9-10,16,18-22,24-25H,6-8,11-14H2,1-5H3,(H,32,33,34)/t16-,18?,19?,20?,21?,22?,24-,25+,27+,28-,29+/m0/s1. The first-order valence-electron chi connectivity index (χ1n) is 14.2. The highest BCUT2D eigenvalue weighted by Crippen LogP contribution is 2.73. The van der Waals surface area contributed by atoms with Gasteiger partial charge in [0.05, 0.1) is 11.5 Å². The van der Waals surface area contributed by atoms with E-state index in [0.29, 0.717) is 18.3 Å². The molecule has 0 aromatic carbocycles. The van der Waals surface area contributed by atoms with Gasteiger partial charge in [-0.1, -0.05) is 26.3 Å². The predicted octanol–water partition coefficient (Wildman–Crippen LogP) is 4.60. The zero-order chi connectivity index (χ0) is 27.4. The second-order valence-electron chi connectivity index (χ2n) is 13.2. The van der Waals surface area contributed by atoms with Gasteiger partial charge in [0.25, 0.3) is 0 Å². The fourth-order valence-electron chi connectivity index (χ4n) is 10.2. The molecular weight excluding hydrogens is 508 g/mol. The van der Waals surface area contributed by atoms with Gasteiger partial charge in [0.15, 0.2) is 5.78 Å². The molecule has 1 spiro atoms. The molecule has 4 aliphatic carbocycles. The van der Waals surface area contributed by atoms with Crippen molar-refractivity contribution >= 4 is 22.2 Å². The average Bonchev–Trinajstić information content (AvgIpc) is 3.46. The van der Waals surface area contributed by atoms with Crippen LogP contribution in [-0.2, 0) is 33.6 Å². The number of hydrogen-bond donors (Lipinski definition) is 1. The van der Waals surface area contributed by atoms with Gasteiger partial charge in [-0.05, 0) is 99.5 Å². The van der Waals surface area contributed by atoms with E-state index in [1.54, 1.807) is 0 Å². The van der Waals surface area contributed by atoms with Crippen molar-refractivity contribution in [2.24, 2.45) is 40.4 Å². The van der Waals surface area contributed by atoms with Crippen molar-refractivity contribution in [2.75, 3.05) is 0 Å². The third-order valence-corrected chi connectivity index (χ3v) is 12.4. The first-order chi connectivity index (χ1) is 17.8. The summed E-state index contributed by atoms with van der Waals surface area (Å²) in [6.07, 6.45) is 7.64. The number of cyclic esters (lactones) is 1. The van der Waals surface area contributed by atoms with E-state index in [1.165, 1.54) is 12.2 Å². The molecule has 0 radical (unpaired) electrons. The minimum Gasteiger partial charge on any atom is -0.458 e. The van der Waals surface area contributed by atoms with E-state index in [2.05, 4.69) is 20.8 Å². The van der Waals surface area contributed by atoms with Crippen LogP contribution in [0.5, 0.6) is 0 Å². The molecule has 0 aromatic rings. The van der Waals surface area contributed by atoms with Crippen molar-refractivity contribution in [2.45, 2.75) is 103 Å². The number of carbonyl (C=O) groups is 2. The molecule has 8 nitrogen and oxygen atoms in total. The Morgan fingerprint density at radius 2 is 1.92 bits per heavy atom. The van der Waals surface area contributed by atoms with Crippen molar-refractivity contribution in [3.8, 4) is 0 Å². The molecule has 1 saturated heterocycles. The molecule has 4 fully saturated rings. The van der Waals surface area contributed by atoms with Crippen molar-refractivity contribution in [3.63, 3.8) is 0 Å². The fraction of sp³-hybridized carbons (Fsp3) is 0.793. The molecule has 5 unspecified atom stereocenters. The Labute approximate surface area is 225 Å². The Bertz CT molecular complexity index is 1240. The van der Waals surface area contributed by atoms with Crippen molar-refractivity contribution in [1.29, 1.82) is 0 Å². The maximum absolute atomic E-state index is 13.5. The van der Waals surface area contributed by atoms with Crippen LogP contribution in [0, 0.1) is 40.4 Å². The first-order valence-corrected chi connectivity index (χ1v) is 15.6. The summed E-state index contributed by atoms with van der Waals surface area (Å²) in [5.74, 6) is 1.18. The topological polar surface area (TPSA) is 120 Å². The maximum atomic E-state index is 13.5. The highest BCUT2D eigenvalue weighted by atomic mass is 32.3. The van der Waals surface area contributed by atoms with Crippen LogP contribution in [0.25, 0.3) is 0 Å². The van der Waals surface area contributed by atoms with E-state index in [4.69, 9.17) is 13.7 Å². The first kappa shape index (κ1) is 26.7. The molecule has 11 atom stereocenters. The molecule has 9 heteroatoms. The monoisotopic (exact) mass is 548 g/mol. The molecule has 1 N–H and O–H groups in total. The Morgan fingerprint density at radius 3 is 2.58 bits per heavy atom. The quantitative estimate of drug-likeness (QED) is 0.301. The molecule has 6 aliphatic rings. The summed E-state index contributed by atoms with van der Waals surface area (Å²) in [5, 5.41) is 0. The summed E-state index contributed by atoms with van der Waals surface area (Å²) >= 11 is 0. The van der Waals surface area contributed by atoms with E-state index in [-0.39, 0.29) is 47.1 Å². The van der Waals surface area contributed by atoms with Gasteiger partial charge in [-0.3, -0.25) is 9.35 Å². The second-order valence-corrected chi connectivity index (χ2v) is 14.3. The average molecular weight is 549 g/mol. The highest BCUT2D eigenvalue weighted by molar-refractivity contribution is 7.80. The van der Waals surface area contributed by atoms with Crippen molar-refractivity contribution in [1.82, 2.24) is 0 Å². The molecule has 0 bridgehead atoms. The van der Waals surface area contributed by atoms with Gasteiger partial charge in [0.2, 0.25) is 0 Å². The van der Waals surface area contributed by atoms with Gasteiger partial charge in [-0.25, -0.2) is 8.98 Å². The van der Waals surface area contributed by atoms with Gasteiger partial charge < -0.3 is 9.47 Å². The lowest BCUT2D eigenvalue weighted by atomic mass is 9.44. The maximum Gasteiger partial charge on any atom is 0.398 e. The number of hydrogen-bond acceptors (Lipinski definition) is 7. The van der Waals surface area contributed by atoms with Crippen LogP contribution >= 0.6 is 0 Å². The van der Waals surface area contributed by atoms with Crippen LogP contribution in [0.3, 0.4) is 0 Å². The Kier molecular flexibility index (Phi) is 5.95. The molecule has 3 saturated carbocycles. The summed E-state index contributed by atoms with van der Waals surface area (Å²) in [6.45, 7) is 10.6. The summed E-state index contributed by atoms with van der Waals surface area (Å²) in [6, 6.07) is 0. The van der Waals surface area contributed by atoms with E-state index in [9.17, 15) is 22.6 Å². The van der Waals surface area contributed by atoms with Crippen LogP contribution in [0.4, 0.5) is 0 Å². The molecule has 0 amide bonds. The molecular formula is C29H40O8S. The van der Waals surface area contributed by atoms with Gasteiger partial charge in [0, 0.05) is 12.0 Å². The van der Waals surface area contributed by atoms with E-state index in [1.807, 2.05) is 13.8 Å². The van der Waals surface area contributed by atoms with Crippen LogP contribution < -0.4 is 0 Å². The summed E-state index contributed by atoms with van der Waals surface area (Å²) in [7, 11) is -4.71. The van der Waals surface area contributed by atoms with Crippen LogP contribution in [0.1, 0.15) is 79.6 Å². The molecule has 2 aliphatic heterocycles. The lowest BCUT2D eigenvalue weighted by Crippen LogP contribution is -2.64. The van der Waals surface area contributed by atoms with Gasteiger partial charge in [-0.15, -0.1) is 0 Å². The minimum atomic E-state index is -4.71. The number of ketones is 1. The molecule has 6 rings (SSSR count). The predicted molar refractivity (Wildman–Crippen MR) is 138 cm³/mol. The number of allylic oxidation sites excluding steroid dienone is 1. The fourth-order valence-corrected chi connectivity index (χ4v) is 10.6. The lowest BCUT2D eigenvalue weighted by Gasteiger charge is -2.58. The SMILES string of the molecule is CCC1=C(C)CC([C@@H](C)C2CCC3C4C[C@H]5O[C@]56[C@@H](OS(=O)(=O)O)C=CC(=O)[C@]6(C)C4CC[C@@]32C)OC1=O. The highest BCUT2D eigenvalue weighted by Gasteiger charge is 2.81. The molecule has 0 aromatic heterocycles. The van der Waals surface area contributed by atoms with Crippen LogP contribution in [0.15, 0.2) is 23.3 Å². The number of rotatable bonds is 5. The van der Waals surface area contributed by atoms with Crippen LogP contribution in [0.2, 0.25) is 0 Å². The number of esters is 1. The van der Waals surface area contributed by atoms with E-state index >= 15 is 0 Å². The summed E-state index contributed by atoms with van der Waals surface area (Å²) in [4.78, 5) is 26.2. The number of carbonyl (C=O) groups excluding carboxylic acids is 2. The Hall–Kier alpha value is -1.55. The lowest BCUT2D eigenvalue weighted by molar-refractivity contribution is -0.155. The largest absolute Gasteiger partial charge is 0.458 e. The molecule has 210 valence electrons. The van der Waals surface area contributed by atoms with Crippen LogP contribution in [-0.4, -0.2) is 48.6 Å². The number of epoxide rings is 1. The Balaban J connectivity index is 1.27. The van der Waals surface area contributed by atoms with Gasteiger partial charge >= 0.3 is 16.4 Å². The van der Waals surface area contributed by atoms with Gasteiger partial charge in [-0.2, -0.15) is 8.42 Å². The minimum absolute atomic E-state index is 0.0421. The van der Waals surface area contributed by atoms with E-state index < -0.39 is 27.5 Å².